The van der Waals surface area contributed by atoms with Crippen LogP contribution < -0.4 is 10.5 Å². The first-order valence-electron chi connectivity index (χ1n) is 8.98. The second-order valence-corrected chi connectivity index (χ2v) is 8.48. The van der Waals surface area contributed by atoms with Gasteiger partial charge >= 0.3 is 5.97 Å². The van der Waals surface area contributed by atoms with Crippen LogP contribution in [-0.2, 0) is 9.53 Å². The predicted octanol–water partition coefficient (Wildman–Crippen LogP) is 5.76. The van der Waals surface area contributed by atoms with Gasteiger partial charge in [0.2, 0.25) is 6.10 Å². The van der Waals surface area contributed by atoms with Gasteiger partial charge in [0, 0.05) is 11.3 Å². The van der Waals surface area contributed by atoms with Gasteiger partial charge in [-0.3, -0.25) is 4.79 Å². The van der Waals surface area contributed by atoms with Gasteiger partial charge in [-0.2, -0.15) is 5.26 Å². The molecule has 2 N–H and O–H groups in total. The number of nitrogen functional groups attached to an aromatic ring is 1. The molecule has 1 fully saturated rings. The highest BCUT2D eigenvalue weighted by atomic mass is 35.5. The molecule has 0 radical (unpaired) electrons. The Morgan fingerprint density at radius 1 is 1.21 bits per heavy atom. The zero-order valence-electron chi connectivity index (χ0n) is 15.9. The minimum Gasteiger partial charge on any atom is -0.457 e. The molecule has 1 aliphatic rings. The van der Waals surface area contributed by atoms with Gasteiger partial charge in [-0.15, -0.1) is 0 Å². The van der Waals surface area contributed by atoms with Gasteiger partial charge < -0.3 is 15.2 Å². The maximum atomic E-state index is 12.6. The van der Waals surface area contributed by atoms with Crippen LogP contribution in [0.15, 0.2) is 59.1 Å². The van der Waals surface area contributed by atoms with Crippen molar-refractivity contribution in [2.24, 2.45) is 17.3 Å². The lowest BCUT2D eigenvalue weighted by Crippen LogP contribution is -2.14. The molecule has 0 bridgehead atoms. The van der Waals surface area contributed by atoms with Crippen LogP contribution >= 0.6 is 23.2 Å². The number of hydrogen-bond donors (Lipinski definition) is 1. The van der Waals surface area contributed by atoms with E-state index < -0.39 is 18.0 Å². The average Bonchev–Trinajstić information content (AvgIpc) is 3.21. The Hall–Kier alpha value is -2.68. The average molecular weight is 431 g/mol. The number of carbonyl (C=O) groups is 1. The summed E-state index contributed by atoms with van der Waals surface area (Å²) in [4.78, 5) is 12.6. The van der Waals surface area contributed by atoms with Crippen LogP contribution in [0, 0.1) is 28.6 Å². The molecule has 1 saturated carbocycles. The highest BCUT2D eigenvalue weighted by molar-refractivity contribution is 6.55. The summed E-state index contributed by atoms with van der Waals surface area (Å²) in [7, 11) is 0. The highest BCUT2D eigenvalue weighted by Gasteiger charge is 2.62. The van der Waals surface area contributed by atoms with E-state index in [1.54, 1.807) is 54.6 Å². The number of nitrogens with two attached hydrogens (primary N) is 1. The van der Waals surface area contributed by atoms with Crippen molar-refractivity contribution < 1.29 is 14.3 Å². The number of benzene rings is 2. The van der Waals surface area contributed by atoms with Crippen molar-refractivity contribution >= 4 is 34.9 Å². The fourth-order valence-corrected chi connectivity index (χ4v) is 3.62. The quantitative estimate of drug-likeness (QED) is 0.464. The van der Waals surface area contributed by atoms with E-state index in [2.05, 4.69) is 0 Å². The van der Waals surface area contributed by atoms with Crippen LogP contribution in [0.1, 0.15) is 25.5 Å². The number of nitrogens with zero attached hydrogens (tertiary/aromatic N) is 1. The van der Waals surface area contributed by atoms with E-state index in [0.29, 0.717) is 22.7 Å². The second-order valence-electron chi connectivity index (χ2n) is 7.47. The summed E-state index contributed by atoms with van der Waals surface area (Å²) in [5.74, 6) is 0.140. The second kappa shape index (κ2) is 8.36. The molecule has 29 heavy (non-hydrogen) atoms. The van der Waals surface area contributed by atoms with Crippen LogP contribution in [0.4, 0.5) is 5.69 Å². The Balaban J connectivity index is 1.72. The molecule has 5 nitrogen and oxygen atoms in total. The number of rotatable bonds is 6. The van der Waals surface area contributed by atoms with Gasteiger partial charge in [-0.05, 0) is 53.8 Å². The van der Waals surface area contributed by atoms with E-state index in [1.807, 2.05) is 19.9 Å². The first-order chi connectivity index (χ1) is 13.7. The molecule has 2 aromatic carbocycles. The largest absolute Gasteiger partial charge is 0.457 e. The third kappa shape index (κ3) is 4.84. The number of esters is 1. The number of hydrogen-bond acceptors (Lipinski definition) is 5. The van der Waals surface area contributed by atoms with Crippen molar-refractivity contribution in [1.29, 1.82) is 5.26 Å². The first kappa shape index (κ1) is 21.0. The smallest absolute Gasteiger partial charge is 0.311 e. The molecule has 1 unspecified atom stereocenters. The van der Waals surface area contributed by atoms with Crippen molar-refractivity contribution in [3.63, 3.8) is 0 Å². The van der Waals surface area contributed by atoms with Crippen LogP contribution in [0.25, 0.3) is 0 Å². The molecule has 7 heteroatoms. The van der Waals surface area contributed by atoms with Gasteiger partial charge in [-0.1, -0.05) is 49.2 Å². The van der Waals surface area contributed by atoms with Crippen LogP contribution in [0.2, 0.25) is 0 Å². The number of allylic oxidation sites excluding steroid dienone is 1. The van der Waals surface area contributed by atoms with Gasteiger partial charge in [-0.25, -0.2) is 0 Å². The van der Waals surface area contributed by atoms with E-state index in [0.717, 1.165) is 0 Å². The summed E-state index contributed by atoms with van der Waals surface area (Å²) >= 11 is 11.5. The lowest BCUT2D eigenvalue weighted by atomic mass is 10.1. The summed E-state index contributed by atoms with van der Waals surface area (Å²) in [6, 6.07) is 15.9. The molecule has 0 saturated heterocycles. The van der Waals surface area contributed by atoms with Gasteiger partial charge in [0.25, 0.3) is 0 Å². The van der Waals surface area contributed by atoms with Crippen molar-refractivity contribution in [2.75, 3.05) is 5.73 Å². The third-order valence-corrected chi connectivity index (χ3v) is 5.35. The lowest BCUT2D eigenvalue weighted by molar-refractivity contribution is -0.149. The summed E-state index contributed by atoms with van der Waals surface area (Å²) in [5, 5.41) is 9.55. The molecular formula is C22H20Cl2N2O3. The minimum absolute atomic E-state index is 0.114. The maximum absolute atomic E-state index is 12.6. The van der Waals surface area contributed by atoms with Crippen LogP contribution in [-0.4, -0.2) is 5.97 Å². The van der Waals surface area contributed by atoms with Crippen molar-refractivity contribution in [2.45, 2.75) is 20.0 Å². The topological polar surface area (TPSA) is 85.3 Å². The van der Waals surface area contributed by atoms with E-state index in [-0.39, 0.29) is 15.8 Å². The van der Waals surface area contributed by atoms with Crippen molar-refractivity contribution in [3.8, 4) is 17.6 Å². The summed E-state index contributed by atoms with van der Waals surface area (Å²) in [6.45, 7) is 3.86. The zero-order valence-corrected chi connectivity index (χ0v) is 17.4. The molecule has 0 aliphatic heterocycles. The normalized spacial score (nSPS) is 20.1. The van der Waals surface area contributed by atoms with E-state index in [4.69, 9.17) is 38.4 Å². The van der Waals surface area contributed by atoms with Crippen LogP contribution in [0.3, 0.4) is 0 Å². The third-order valence-electron chi connectivity index (χ3n) is 5.10. The fourth-order valence-electron chi connectivity index (χ4n) is 3.35. The molecule has 3 rings (SSSR count). The zero-order chi connectivity index (χ0) is 21.2. The first-order valence-corrected chi connectivity index (χ1v) is 9.74. The Morgan fingerprint density at radius 2 is 1.90 bits per heavy atom. The Kier molecular flexibility index (Phi) is 6.07. The standard InChI is InChI=1S/C22H20Cl2N2O3/c1-22(2)17(11-19(23)24)20(22)21(27)29-18(12-25)13-4-3-5-16(10-13)28-15-8-6-14(26)7-9-15/h3-11,17-18,20H,26H2,1-2H3/t17-,18?,20-/m0/s1. The molecular weight excluding hydrogens is 411 g/mol. The van der Waals surface area contributed by atoms with Crippen molar-refractivity contribution in [3.05, 3.63) is 64.7 Å². The fraction of sp³-hybridized carbons (Fsp3) is 0.273. The van der Waals surface area contributed by atoms with E-state index in [1.165, 1.54) is 0 Å². The van der Waals surface area contributed by atoms with E-state index in [9.17, 15) is 10.1 Å². The van der Waals surface area contributed by atoms with Gasteiger partial charge in [0.05, 0.1) is 5.92 Å². The molecule has 1 aliphatic carbocycles. The highest BCUT2D eigenvalue weighted by Crippen LogP contribution is 2.60. The summed E-state index contributed by atoms with van der Waals surface area (Å²) < 4.78 is 11.4. The molecule has 3 atom stereocenters. The van der Waals surface area contributed by atoms with Gasteiger partial charge in [0.15, 0.2) is 0 Å². The summed E-state index contributed by atoms with van der Waals surface area (Å²) in [6.07, 6.45) is 0.585. The molecule has 2 aromatic rings. The molecule has 0 heterocycles. The number of halogens is 2. The number of anilines is 1. The predicted molar refractivity (Wildman–Crippen MR) is 112 cm³/mol. The number of carbonyl (C=O) groups excluding carboxylic acids is 1. The Labute approximate surface area is 179 Å². The number of nitriles is 1. The molecule has 150 valence electrons. The Bertz CT molecular complexity index is 976. The maximum Gasteiger partial charge on any atom is 0.311 e. The molecule has 0 spiro atoms. The summed E-state index contributed by atoms with van der Waals surface area (Å²) in [5.41, 5.74) is 6.50. The van der Waals surface area contributed by atoms with E-state index >= 15 is 0 Å². The van der Waals surface area contributed by atoms with Gasteiger partial charge in [0.1, 0.15) is 22.1 Å². The Morgan fingerprint density at radius 3 is 2.52 bits per heavy atom. The monoisotopic (exact) mass is 430 g/mol. The van der Waals surface area contributed by atoms with Crippen LogP contribution in [0.5, 0.6) is 11.5 Å². The SMILES string of the molecule is CC1(C)[C@H](C(=O)OC(C#N)c2cccc(Oc3ccc(N)cc3)c2)[C@@H]1C=C(Cl)Cl. The van der Waals surface area contributed by atoms with Crippen molar-refractivity contribution in [1.82, 2.24) is 0 Å². The minimum atomic E-state index is -1.05. The number of ether oxygens (including phenoxy) is 2. The molecule has 0 aromatic heterocycles. The lowest BCUT2D eigenvalue weighted by Gasteiger charge is -2.13. The molecule has 0 amide bonds.